The Kier molecular flexibility index (Phi) is 5.36. The Labute approximate surface area is 138 Å². The standard InChI is InChI=1S/C13H15ClN2O4S2/c1-3-10(12(17)20-4-2)21-13-15-9-6-5-8(14)7-11(9)22(18,19)16-13/h5-7,10H,3-4H2,1-2H3,(H,15,16)/t10-/m1/s1. The van der Waals surface area contributed by atoms with Crippen LogP contribution in [0.1, 0.15) is 20.3 Å². The average molecular weight is 363 g/mol. The highest BCUT2D eigenvalue weighted by Gasteiger charge is 2.29. The summed E-state index contributed by atoms with van der Waals surface area (Å²) < 4.78 is 33.0. The molecule has 1 aliphatic heterocycles. The van der Waals surface area contributed by atoms with Gasteiger partial charge in [-0.15, -0.1) is 4.40 Å². The number of nitrogens with zero attached hydrogens (tertiary/aromatic N) is 1. The van der Waals surface area contributed by atoms with Gasteiger partial charge in [0.25, 0.3) is 10.0 Å². The van der Waals surface area contributed by atoms with Crippen LogP contribution in [0.25, 0.3) is 0 Å². The smallest absolute Gasteiger partial charge is 0.319 e. The Morgan fingerprint density at radius 3 is 2.82 bits per heavy atom. The molecule has 22 heavy (non-hydrogen) atoms. The summed E-state index contributed by atoms with van der Waals surface area (Å²) in [4.78, 5) is 11.8. The lowest BCUT2D eigenvalue weighted by molar-refractivity contribution is -0.142. The van der Waals surface area contributed by atoms with Crippen molar-refractivity contribution in [1.82, 2.24) is 0 Å². The number of anilines is 1. The molecule has 1 heterocycles. The van der Waals surface area contributed by atoms with E-state index in [1.54, 1.807) is 19.1 Å². The van der Waals surface area contributed by atoms with Crippen LogP contribution in [0.4, 0.5) is 5.69 Å². The minimum Gasteiger partial charge on any atom is -0.465 e. The average Bonchev–Trinajstić information content (AvgIpc) is 2.45. The van der Waals surface area contributed by atoms with Crippen molar-refractivity contribution in [2.45, 2.75) is 30.4 Å². The number of ether oxygens (including phenoxy) is 1. The highest BCUT2D eigenvalue weighted by molar-refractivity contribution is 8.15. The summed E-state index contributed by atoms with van der Waals surface area (Å²) in [6, 6.07) is 4.49. The Bertz CT molecular complexity index is 719. The van der Waals surface area contributed by atoms with Crippen LogP contribution in [0.3, 0.4) is 0 Å². The number of benzene rings is 1. The van der Waals surface area contributed by atoms with E-state index in [1.165, 1.54) is 6.07 Å². The van der Waals surface area contributed by atoms with Crippen LogP contribution in [-0.2, 0) is 19.6 Å². The number of carbonyl (C=O) groups is 1. The maximum absolute atomic E-state index is 12.2. The minimum atomic E-state index is -3.84. The van der Waals surface area contributed by atoms with Crippen molar-refractivity contribution in [1.29, 1.82) is 0 Å². The third-order valence-corrected chi connectivity index (χ3v) is 5.73. The van der Waals surface area contributed by atoms with Crippen LogP contribution in [0.15, 0.2) is 27.5 Å². The van der Waals surface area contributed by atoms with E-state index in [4.69, 9.17) is 16.3 Å². The van der Waals surface area contributed by atoms with Crippen molar-refractivity contribution in [2.24, 2.45) is 4.40 Å². The van der Waals surface area contributed by atoms with Gasteiger partial charge in [0.05, 0.1) is 12.3 Å². The van der Waals surface area contributed by atoms with Gasteiger partial charge in [-0.2, -0.15) is 8.42 Å². The van der Waals surface area contributed by atoms with Crippen LogP contribution < -0.4 is 5.32 Å². The number of esters is 1. The molecule has 0 fully saturated rings. The molecular formula is C13H15ClN2O4S2. The normalized spacial score (nSPS) is 17.0. The molecule has 0 aliphatic carbocycles. The van der Waals surface area contributed by atoms with E-state index in [9.17, 15) is 13.2 Å². The van der Waals surface area contributed by atoms with Crippen LogP contribution >= 0.6 is 23.4 Å². The first-order valence-electron chi connectivity index (χ1n) is 6.62. The van der Waals surface area contributed by atoms with Crippen LogP contribution in [-0.4, -0.2) is 31.4 Å². The van der Waals surface area contributed by atoms with Gasteiger partial charge in [-0.25, -0.2) is 0 Å². The molecular weight excluding hydrogens is 348 g/mol. The predicted octanol–water partition coefficient (Wildman–Crippen LogP) is 2.89. The number of hydrogen-bond donors (Lipinski definition) is 1. The molecule has 120 valence electrons. The Morgan fingerprint density at radius 2 is 2.18 bits per heavy atom. The number of fused-ring (bicyclic) bond motifs is 1. The Balaban J connectivity index is 2.26. The first-order chi connectivity index (χ1) is 10.4. The van der Waals surface area contributed by atoms with Gasteiger partial charge >= 0.3 is 5.97 Å². The fraction of sp³-hybridized carbons (Fsp3) is 0.385. The second-order valence-electron chi connectivity index (χ2n) is 4.40. The van der Waals surface area contributed by atoms with Gasteiger partial charge in [-0.05, 0) is 31.5 Å². The quantitative estimate of drug-likeness (QED) is 0.829. The molecule has 0 unspecified atom stereocenters. The topological polar surface area (TPSA) is 84.8 Å². The van der Waals surface area contributed by atoms with Crippen LogP contribution in [0, 0.1) is 0 Å². The molecule has 0 bridgehead atoms. The largest absolute Gasteiger partial charge is 0.465 e. The van der Waals surface area contributed by atoms with E-state index >= 15 is 0 Å². The van der Waals surface area contributed by atoms with Crippen molar-refractivity contribution >= 4 is 50.2 Å². The molecule has 1 aromatic carbocycles. The molecule has 6 nitrogen and oxygen atoms in total. The monoisotopic (exact) mass is 362 g/mol. The summed E-state index contributed by atoms with van der Waals surface area (Å²) in [6.07, 6.45) is 0.498. The second kappa shape index (κ2) is 6.89. The van der Waals surface area contributed by atoms with E-state index in [-0.39, 0.29) is 22.6 Å². The number of rotatable bonds is 4. The van der Waals surface area contributed by atoms with Gasteiger partial charge in [-0.1, -0.05) is 30.3 Å². The van der Waals surface area contributed by atoms with E-state index in [0.717, 1.165) is 11.8 Å². The Morgan fingerprint density at radius 1 is 1.45 bits per heavy atom. The predicted molar refractivity (Wildman–Crippen MR) is 88.0 cm³/mol. The fourth-order valence-corrected chi connectivity index (χ4v) is 4.34. The number of halogens is 1. The van der Waals surface area contributed by atoms with Crippen molar-refractivity contribution in [2.75, 3.05) is 11.9 Å². The van der Waals surface area contributed by atoms with Crippen LogP contribution in [0.2, 0.25) is 5.02 Å². The second-order valence-corrected chi connectivity index (χ2v) is 7.60. The molecule has 0 spiro atoms. The van der Waals surface area contributed by atoms with Gasteiger partial charge in [0, 0.05) is 5.02 Å². The summed E-state index contributed by atoms with van der Waals surface area (Å²) in [5.74, 6) is -0.390. The van der Waals surface area contributed by atoms with Crippen molar-refractivity contribution in [3.63, 3.8) is 0 Å². The molecule has 1 N–H and O–H groups in total. The number of sulfonamides is 1. The summed E-state index contributed by atoms with van der Waals surface area (Å²) in [5, 5.41) is 2.85. The molecule has 1 aliphatic rings. The summed E-state index contributed by atoms with van der Waals surface area (Å²) >= 11 is 6.85. The highest BCUT2D eigenvalue weighted by Crippen LogP contribution is 2.33. The number of nitrogens with one attached hydrogen (secondary N) is 1. The number of thioether (sulfide) groups is 1. The molecule has 0 amide bonds. The van der Waals surface area contributed by atoms with E-state index in [2.05, 4.69) is 9.71 Å². The zero-order chi connectivity index (χ0) is 16.3. The summed E-state index contributed by atoms with van der Waals surface area (Å²) in [6.45, 7) is 3.81. The molecule has 0 aromatic heterocycles. The van der Waals surface area contributed by atoms with E-state index in [1.807, 2.05) is 6.92 Å². The molecule has 0 saturated heterocycles. The van der Waals surface area contributed by atoms with Crippen molar-refractivity contribution in [3.05, 3.63) is 23.2 Å². The molecule has 1 aromatic rings. The first kappa shape index (κ1) is 17.1. The molecule has 2 rings (SSSR count). The molecule has 0 saturated carbocycles. The van der Waals surface area contributed by atoms with Crippen LogP contribution in [0.5, 0.6) is 0 Å². The first-order valence-corrected chi connectivity index (χ1v) is 9.32. The lowest BCUT2D eigenvalue weighted by Crippen LogP contribution is -2.26. The van der Waals surface area contributed by atoms with Gasteiger partial charge < -0.3 is 10.1 Å². The molecule has 9 heteroatoms. The van der Waals surface area contributed by atoms with E-state index < -0.39 is 15.3 Å². The van der Waals surface area contributed by atoms with Crippen molar-refractivity contribution < 1.29 is 17.9 Å². The third-order valence-electron chi connectivity index (χ3n) is 2.84. The third kappa shape index (κ3) is 3.74. The van der Waals surface area contributed by atoms with Gasteiger partial charge in [0.15, 0.2) is 5.17 Å². The number of hydrogen-bond acceptors (Lipinski definition) is 6. The van der Waals surface area contributed by atoms with E-state index in [0.29, 0.717) is 17.1 Å². The number of carbonyl (C=O) groups excluding carboxylic acids is 1. The summed E-state index contributed by atoms with van der Waals surface area (Å²) in [7, 11) is -3.84. The molecule has 0 radical (unpaired) electrons. The maximum atomic E-state index is 12.2. The zero-order valence-corrected chi connectivity index (χ0v) is 14.4. The fourth-order valence-electron chi connectivity index (χ4n) is 1.83. The molecule has 1 atom stereocenters. The number of amidine groups is 1. The maximum Gasteiger partial charge on any atom is 0.319 e. The van der Waals surface area contributed by atoms with Gasteiger partial charge in [-0.3, -0.25) is 4.79 Å². The lowest BCUT2D eigenvalue weighted by Gasteiger charge is -2.20. The van der Waals surface area contributed by atoms with Gasteiger partial charge in [0.1, 0.15) is 10.1 Å². The zero-order valence-electron chi connectivity index (χ0n) is 12.0. The highest BCUT2D eigenvalue weighted by atomic mass is 35.5. The minimum absolute atomic E-state index is 0.0218. The summed E-state index contributed by atoms with van der Waals surface area (Å²) in [5.41, 5.74) is 0.389. The lowest BCUT2D eigenvalue weighted by atomic mass is 10.3. The van der Waals surface area contributed by atoms with Gasteiger partial charge in [0.2, 0.25) is 0 Å². The SMILES string of the molecule is CCOC(=O)[C@@H](CC)SC1=NS(=O)(=O)c2cc(Cl)ccc2N1. The Hall–Kier alpha value is -1.25. The van der Waals surface area contributed by atoms with Crippen molar-refractivity contribution in [3.8, 4) is 0 Å².